The number of esters is 1. The summed E-state index contributed by atoms with van der Waals surface area (Å²) in [7, 11) is -4.68. The number of carbonyl (C=O) groups excluding carboxylic acids is 2. The number of rotatable bonds is 31. The molecule has 0 rings (SSSR count). The van der Waals surface area contributed by atoms with E-state index in [1.54, 1.807) is 6.92 Å². The molecule has 1 amide bonds. The molecular formula is C30H60NO9P. The van der Waals surface area contributed by atoms with E-state index in [1.807, 2.05) is 0 Å². The number of amides is 1. The number of phosphoric ester groups is 1. The van der Waals surface area contributed by atoms with Crippen LogP contribution in [0.1, 0.15) is 142 Å². The number of nitrogens with one attached hydrogen (secondary N) is 1. The van der Waals surface area contributed by atoms with Crippen molar-refractivity contribution in [2.45, 2.75) is 148 Å². The number of hydrogen-bond donors (Lipinski definition) is 3. The highest BCUT2D eigenvalue weighted by atomic mass is 31.2. The minimum Gasteiger partial charge on any atom is -0.457 e. The molecule has 0 saturated heterocycles. The molecule has 0 radical (unpaired) electrons. The van der Waals surface area contributed by atoms with E-state index in [-0.39, 0.29) is 25.7 Å². The molecule has 1 atom stereocenters. The van der Waals surface area contributed by atoms with Crippen LogP contribution in [0.25, 0.3) is 0 Å². The highest BCUT2D eigenvalue weighted by Gasteiger charge is 2.21. The van der Waals surface area contributed by atoms with Gasteiger partial charge in [-0.15, -0.1) is 0 Å². The van der Waals surface area contributed by atoms with Crippen molar-refractivity contribution in [1.82, 2.24) is 5.32 Å². The Kier molecular flexibility index (Phi) is 28.3. The lowest BCUT2D eigenvalue weighted by Crippen LogP contribution is -2.28. The molecule has 0 aromatic carbocycles. The summed E-state index contributed by atoms with van der Waals surface area (Å²) in [5.74, 6) is -0.376. The first kappa shape index (κ1) is 40.0. The van der Waals surface area contributed by atoms with E-state index >= 15 is 0 Å². The zero-order valence-corrected chi connectivity index (χ0v) is 26.8. The van der Waals surface area contributed by atoms with E-state index in [4.69, 9.17) is 24.0 Å². The molecule has 0 aliphatic carbocycles. The van der Waals surface area contributed by atoms with Crippen molar-refractivity contribution in [2.75, 3.05) is 33.2 Å². The normalized spacial score (nSPS) is 12.4. The molecule has 0 saturated carbocycles. The zero-order valence-electron chi connectivity index (χ0n) is 26.0. The van der Waals surface area contributed by atoms with Gasteiger partial charge in [-0.25, -0.2) is 4.57 Å². The van der Waals surface area contributed by atoms with Gasteiger partial charge in [-0.1, -0.05) is 110 Å². The Morgan fingerprint density at radius 1 is 0.707 bits per heavy atom. The highest BCUT2D eigenvalue weighted by Crippen LogP contribution is 2.35. The Balaban J connectivity index is 3.79. The van der Waals surface area contributed by atoms with E-state index in [1.165, 1.54) is 83.5 Å². The van der Waals surface area contributed by atoms with Gasteiger partial charge in [0, 0.05) is 26.5 Å². The van der Waals surface area contributed by atoms with Crippen molar-refractivity contribution < 1.29 is 42.7 Å². The maximum atomic E-state index is 12.2. The van der Waals surface area contributed by atoms with Crippen LogP contribution in [0, 0.1) is 0 Å². The second-order valence-corrected chi connectivity index (χ2v) is 12.1. The Morgan fingerprint density at radius 2 is 1.22 bits per heavy atom. The summed E-state index contributed by atoms with van der Waals surface area (Å²) in [6.07, 6.45) is 21.2. The maximum absolute atomic E-state index is 12.2. The predicted molar refractivity (Wildman–Crippen MR) is 161 cm³/mol. The maximum Gasteiger partial charge on any atom is 0.469 e. The summed E-state index contributed by atoms with van der Waals surface area (Å²) < 4.78 is 31.9. The molecule has 0 heterocycles. The molecule has 0 fully saturated rings. The number of ether oxygens (including phenoxy) is 3. The first-order valence-electron chi connectivity index (χ1n) is 16.0. The molecule has 10 nitrogen and oxygen atoms in total. The van der Waals surface area contributed by atoms with Crippen molar-refractivity contribution >= 4 is 19.7 Å². The lowest BCUT2D eigenvalue weighted by atomic mass is 10.1. The molecule has 0 aromatic rings. The smallest absolute Gasteiger partial charge is 0.457 e. The SMILES string of the molecule is CCCCCCCCCCCC(=O)O[C@@H](COCOCCCCCCCCCCCCNC(C)=O)COP(=O)(O)O. The van der Waals surface area contributed by atoms with Crippen molar-refractivity contribution in [3.8, 4) is 0 Å². The van der Waals surface area contributed by atoms with Crippen LogP contribution in [0.5, 0.6) is 0 Å². The molecule has 0 bridgehead atoms. The molecule has 0 unspecified atom stereocenters. The van der Waals surface area contributed by atoms with Crippen LogP contribution in [-0.4, -0.2) is 60.9 Å². The van der Waals surface area contributed by atoms with Gasteiger partial charge in [0.05, 0.1) is 13.2 Å². The van der Waals surface area contributed by atoms with Gasteiger partial charge >= 0.3 is 13.8 Å². The van der Waals surface area contributed by atoms with E-state index in [0.29, 0.717) is 6.61 Å². The largest absolute Gasteiger partial charge is 0.469 e. The third kappa shape index (κ3) is 33.3. The van der Waals surface area contributed by atoms with Gasteiger partial charge < -0.3 is 29.3 Å². The van der Waals surface area contributed by atoms with E-state index in [9.17, 15) is 14.2 Å². The zero-order chi connectivity index (χ0) is 30.4. The van der Waals surface area contributed by atoms with Crippen LogP contribution in [0.2, 0.25) is 0 Å². The monoisotopic (exact) mass is 609 g/mol. The third-order valence-corrected chi connectivity index (χ3v) is 7.26. The highest BCUT2D eigenvalue weighted by molar-refractivity contribution is 7.46. The first-order valence-corrected chi connectivity index (χ1v) is 17.6. The summed E-state index contributed by atoms with van der Waals surface area (Å²) in [6.45, 7) is 4.62. The summed E-state index contributed by atoms with van der Waals surface area (Å²) in [5, 5.41) is 2.82. The van der Waals surface area contributed by atoms with Gasteiger partial charge in [0.15, 0.2) is 0 Å². The third-order valence-electron chi connectivity index (χ3n) is 6.77. The molecule has 0 aliphatic heterocycles. The van der Waals surface area contributed by atoms with Crippen molar-refractivity contribution in [2.24, 2.45) is 0 Å². The standard InChI is InChI=1S/C30H60NO9P/c1-3-4-5-6-7-10-13-16-19-22-30(33)40-29(26-39-41(34,35)36)25-38-27-37-24-21-18-15-12-9-8-11-14-17-20-23-31-28(2)32/h29H,3-27H2,1-2H3,(H,31,32)(H2,34,35,36)/t29-/m0/s1. The average molecular weight is 610 g/mol. The number of phosphoric acid groups is 1. The molecule has 41 heavy (non-hydrogen) atoms. The lowest BCUT2D eigenvalue weighted by Gasteiger charge is -2.18. The van der Waals surface area contributed by atoms with Crippen molar-refractivity contribution in [3.63, 3.8) is 0 Å². The van der Waals surface area contributed by atoms with Crippen LogP contribution < -0.4 is 5.32 Å². The Labute approximate surface area is 249 Å². The average Bonchev–Trinajstić information content (AvgIpc) is 2.91. The van der Waals surface area contributed by atoms with Gasteiger partial charge in [-0.05, 0) is 19.3 Å². The van der Waals surface area contributed by atoms with Gasteiger partial charge in [-0.2, -0.15) is 0 Å². The molecule has 0 spiro atoms. The second kappa shape index (κ2) is 29.1. The van der Waals surface area contributed by atoms with Crippen LogP contribution in [0.4, 0.5) is 0 Å². The van der Waals surface area contributed by atoms with Crippen LogP contribution in [0.15, 0.2) is 0 Å². The van der Waals surface area contributed by atoms with E-state index < -0.39 is 26.5 Å². The van der Waals surface area contributed by atoms with Crippen LogP contribution in [-0.2, 0) is 32.9 Å². The molecule has 11 heteroatoms. The second-order valence-electron chi connectivity index (χ2n) is 10.9. The summed E-state index contributed by atoms with van der Waals surface area (Å²) >= 11 is 0. The fourth-order valence-electron chi connectivity index (χ4n) is 4.43. The van der Waals surface area contributed by atoms with Crippen molar-refractivity contribution in [3.05, 3.63) is 0 Å². The van der Waals surface area contributed by atoms with Crippen LogP contribution >= 0.6 is 7.82 Å². The van der Waals surface area contributed by atoms with Gasteiger partial charge in [-0.3, -0.25) is 14.1 Å². The predicted octanol–water partition coefficient (Wildman–Crippen LogP) is 6.96. The summed E-state index contributed by atoms with van der Waals surface area (Å²) in [6, 6.07) is 0. The summed E-state index contributed by atoms with van der Waals surface area (Å²) in [4.78, 5) is 41.0. The molecular weight excluding hydrogens is 549 g/mol. The van der Waals surface area contributed by atoms with Crippen molar-refractivity contribution in [1.29, 1.82) is 0 Å². The Hall–Kier alpha value is -1.03. The minimum atomic E-state index is -4.68. The van der Waals surface area contributed by atoms with E-state index in [0.717, 1.165) is 45.1 Å². The number of hydrogen-bond acceptors (Lipinski definition) is 7. The number of carbonyl (C=O) groups is 2. The molecule has 0 aromatic heterocycles. The minimum absolute atomic E-state index is 0.0180. The van der Waals surface area contributed by atoms with E-state index in [2.05, 4.69) is 16.8 Å². The topological polar surface area (TPSA) is 141 Å². The Morgan fingerprint density at radius 3 is 1.76 bits per heavy atom. The lowest BCUT2D eigenvalue weighted by molar-refractivity contribution is -0.158. The fraction of sp³-hybridized carbons (Fsp3) is 0.933. The van der Waals surface area contributed by atoms with Crippen LogP contribution in [0.3, 0.4) is 0 Å². The quantitative estimate of drug-likeness (QED) is 0.0329. The fourth-order valence-corrected chi connectivity index (χ4v) is 4.79. The first-order chi connectivity index (χ1) is 19.7. The number of unbranched alkanes of at least 4 members (excludes halogenated alkanes) is 17. The van der Waals surface area contributed by atoms with Gasteiger partial charge in [0.1, 0.15) is 12.9 Å². The van der Waals surface area contributed by atoms with Gasteiger partial charge in [0.25, 0.3) is 0 Å². The molecule has 0 aliphatic rings. The summed E-state index contributed by atoms with van der Waals surface area (Å²) in [5.41, 5.74) is 0. The molecule has 244 valence electrons. The van der Waals surface area contributed by atoms with Gasteiger partial charge in [0.2, 0.25) is 5.91 Å². The molecule has 3 N–H and O–H groups in total. The Bertz CT molecular complexity index is 660.